The van der Waals surface area contributed by atoms with E-state index in [-0.39, 0.29) is 11.5 Å². The van der Waals surface area contributed by atoms with Crippen molar-refractivity contribution in [2.24, 2.45) is 7.05 Å². The summed E-state index contributed by atoms with van der Waals surface area (Å²) in [5, 5.41) is 9.18. The number of hydrogen-bond acceptors (Lipinski definition) is 5. The van der Waals surface area contributed by atoms with Crippen LogP contribution in [0.4, 0.5) is 0 Å². The molecule has 0 aliphatic rings. The van der Waals surface area contributed by atoms with Gasteiger partial charge in [0.25, 0.3) is 0 Å². The summed E-state index contributed by atoms with van der Waals surface area (Å²) in [4.78, 5) is 17.2. The first-order chi connectivity index (χ1) is 13.7. The molecule has 0 atom stereocenters. The van der Waals surface area contributed by atoms with Crippen LogP contribution in [0.5, 0.6) is 0 Å². The van der Waals surface area contributed by atoms with Crippen LogP contribution in [0.1, 0.15) is 10.5 Å². The molecule has 0 radical (unpaired) electrons. The number of aromatic nitrogens is 4. The van der Waals surface area contributed by atoms with Gasteiger partial charge in [0.05, 0.1) is 11.4 Å². The third kappa shape index (κ3) is 3.87. The van der Waals surface area contributed by atoms with Crippen LogP contribution >= 0.6 is 11.8 Å². The molecule has 4 rings (SSSR count). The first kappa shape index (κ1) is 18.1. The molecule has 2 aromatic heterocycles. The van der Waals surface area contributed by atoms with E-state index in [4.69, 9.17) is 4.98 Å². The van der Waals surface area contributed by atoms with Crippen molar-refractivity contribution >= 4 is 17.5 Å². The van der Waals surface area contributed by atoms with Gasteiger partial charge in [-0.05, 0) is 12.1 Å². The Kier molecular flexibility index (Phi) is 5.30. The number of hydrogen-bond donors (Lipinski definition) is 0. The minimum Gasteiger partial charge on any atom is -0.348 e. The fraction of sp³-hybridized carbons (Fsp3) is 0.0909. The fourth-order valence-electron chi connectivity index (χ4n) is 2.91. The van der Waals surface area contributed by atoms with Crippen molar-refractivity contribution in [1.29, 1.82) is 0 Å². The molecule has 2 aromatic carbocycles. The van der Waals surface area contributed by atoms with E-state index in [9.17, 15) is 4.79 Å². The quantitative estimate of drug-likeness (QED) is 0.360. The number of rotatable bonds is 6. The Morgan fingerprint density at radius 1 is 0.857 bits per heavy atom. The van der Waals surface area contributed by atoms with Crippen LogP contribution in [-0.4, -0.2) is 31.3 Å². The van der Waals surface area contributed by atoms with Gasteiger partial charge in [-0.25, -0.2) is 4.98 Å². The smallest absolute Gasteiger partial charge is 0.210 e. The van der Waals surface area contributed by atoms with Gasteiger partial charge in [-0.2, -0.15) is 0 Å². The minimum atomic E-state index is 0.0366. The Morgan fingerprint density at radius 3 is 2.11 bits per heavy atom. The van der Waals surface area contributed by atoms with E-state index in [1.54, 1.807) is 0 Å². The van der Waals surface area contributed by atoms with Crippen LogP contribution in [-0.2, 0) is 7.05 Å². The highest BCUT2D eigenvalue weighted by atomic mass is 32.2. The molecule has 5 nitrogen and oxygen atoms in total. The molecule has 0 bridgehead atoms. The molecule has 0 N–H and O–H groups in total. The monoisotopic (exact) mass is 386 g/mol. The van der Waals surface area contributed by atoms with E-state index in [2.05, 4.69) is 10.2 Å². The zero-order chi connectivity index (χ0) is 19.3. The molecule has 0 saturated carbocycles. The summed E-state index contributed by atoms with van der Waals surface area (Å²) in [5.74, 6) is 0.299. The second kappa shape index (κ2) is 8.19. The van der Waals surface area contributed by atoms with E-state index < -0.39 is 0 Å². The van der Waals surface area contributed by atoms with Gasteiger partial charge in [-0.3, -0.25) is 4.79 Å². The van der Waals surface area contributed by atoms with Crippen LogP contribution in [0.15, 0.2) is 84.1 Å². The van der Waals surface area contributed by atoms with Crippen LogP contribution in [0.2, 0.25) is 0 Å². The molecule has 2 heterocycles. The van der Waals surface area contributed by atoms with Crippen molar-refractivity contribution in [3.8, 4) is 22.5 Å². The number of thioether (sulfide) groups is 1. The molecule has 0 saturated heterocycles. The number of carbonyl (C=O) groups excluding carboxylic acids is 1. The highest BCUT2D eigenvalue weighted by molar-refractivity contribution is 7.99. The van der Waals surface area contributed by atoms with Crippen LogP contribution in [0.3, 0.4) is 0 Å². The molecular formula is C22H18N4OS. The van der Waals surface area contributed by atoms with Crippen LogP contribution < -0.4 is 0 Å². The highest BCUT2D eigenvalue weighted by Gasteiger charge is 2.15. The maximum absolute atomic E-state index is 12.4. The normalized spacial score (nSPS) is 10.8. The largest absolute Gasteiger partial charge is 0.348 e. The predicted molar refractivity (Wildman–Crippen MR) is 111 cm³/mol. The number of benzene rings is 2. The molecule has 0 aliphatic heterocycles. The van der Waals surface area contributed by atoms with Gasteiger partial charge in [-0.1, -0.05) is 72.4 Å². The Bertz CT molecular complexity index is 1090. The van der Waals surface area contributed by atoms with Gasteiger partial charge in [0.1, 0.15) is 11.4 Å². The lowest BCUT2D eigenvalue weighted by Gasteiger charge is -2.09. The van der Waals surface area contributed by atoms with Gasteiger partial charge < -0.3 is 4.57 Å². The van der Waals surface area contributed by atoms with Crippen molar-refractivity contribution in [3.63, 3.8) is 0 Å². The van der Waals surface area contributed by atoms with Crippen LogP contribution in [0, 0.1) is 0 Å². The lowest BCUT2D eigenvalue weighted by atomic mass is 10.0. The predicted octanol–water partition coefficient (Wildman–Crippen LogP) is 4.52. The standard InChI is InChI=1S/C22H18N4OS/c1-26-14-8-13-18(26)19(27)15-28-22-23-20(16-9-4-2-5-10-16)21(24-25-22)17-11-6-3-7-12-17/h2-14H,15H2,1H3. The van der Waals surface area contributed by atoms with Crippen molar-refractivity contribution in [3.05, 3.63) is 84.7 Å². The molecule has 4 aromatic rings. The van der Waals surface area contributed by atoms with Gasteiger partial charge in [0.2, 0.25) is 5.16 Å². The molecule has 6 heteroatoms. The van der Waals surface area contributed by atoms with Crippen molar-refractivity contribution in [2.75, 3.05) is 5.75 Å². The molecule has 28 heavy (non-hydrogen) atoms. The second-order valence-electron chi connectivity index (χ2n) is 6.24. The Morgan fingerprint density at radius 2 is 1.50 bits per heavy atom. The van der Waals surface area contributed by atoms with Crippen molar-refractivity contribution in [2.45, 2.75) is 5.16 Å². The fourth-order valence-corrected chi connectivity index (χ4v) is 3.58. The average molecular weight is 386 g/mol. The molecule has 0 amide bonds. The molecule has 0 aliphatic carbocycles. The Labute approximate surface area is 167 Å². The third-order valence-corrected chi connectivity index (χ3v) is 5.16. The molecule has 0 unspecified atom stereocenters. The number of aryl methyl sites for hydroxylation is 1. The summed E-state index contributed by atoms with van der Waals surface area (Å²) in [6, 6.07) is 23.5. The SMILES string of the molecule is Cn1cccc1C(=O)CSc1nnc(-c2ccccc2)c(-c2ccccc2)n1. The maximum atomic E-state index is 12.4. The second-order valence-corrected chi connectivity index (χ2v) is 7.18. The van der Waals surface area contributed by atoms with E-state index >= 15 is 0 Å². The summed E-state index contributed by atoms with van der Waals surface area (Å²) in [5.41, 5.74) is 4.08. The van der Waals surface area contributed by atoms with E-state index in [0.717, 1.165) is 22.5 Å². The topological polar surface area (TPSA) is 60.7 Å². The Hall–Kier alpha value is -3.25. The number of Topliss-reactive ketones (excluding diaryl/α,β-unsaturated/α-hetero) is 1. The van der Waals surface area contributed by atoms with Gasteiger partial charge in [0, 0.05) is 24.4 Å². The van der Waals surface area contributed by atoms with Crippen molar-refractivity contribution in [1.82, 2.24) is 19.7 Å². The first-order valence-corrected chi connectivity index (χ1v) is 9.84. The summed E-state index contributed by atoms with van der Waals surface area (Å²) < 4.78 is 1.82. The summed E-state index contributed by atoms with van der Waals surface area (Å²) in [6.45, 7) is 0. The van der Waals surface area contributed by atoms with Crippen molar-refractivity contribution < 1.29 is 4.79 Å². The minimum absolute atomic E-state index is 0.0366. The average Bonchev–Trinajstić information content (AvgIpc) is 3.19. The van der Waals surface area contributed by atoms with E-state index in [0.29, 0.717) is 10.9 Å². The number of ketones is 1. The van der Waals surface area contributed by atoms with Gasteiger partial charge in [0.15, 0.2) is 5.78 Å². The molecule has 138 valence electrons. The molecular weight excluding hydrogens is 368 g/mol. The van der Waals surface area contributed by atoms with Gasteiger partial charge in [-0.15, -0.1) is 10.2 Å². The molecule has 0 fully saturated rings. The summed E-state index contributed by atoms with van der Waals surface area (Å²) in [6.07, 6.45) is 1.86. The first-order valence-electron chi connectivity index (χ1n) is 8.85. The zero-order valence-electron chi connectivity index (χ0n) is 15.3. The number of nitrogens with zero attached hydrogens (tertiary/aromatic N) is 4. The van der Waals surface area contributed by atoms with E-state index in [1.807, 2.05) is 90.6 Å². The van der Waals surface area contributed by atoms with E-state index in [1.165, 1.54) is 11.8 Å². The summed E-state index contributed by atoms with van der Waals surface area (Å²) in [7, 11) is 1.86. The lowest BCUT2D eigenvalue weighted by Crippen LogP contribution is -2.08. The zero-order valence-corrected chi connectivity index (χ0v) is 16.1. The van der Waals surface area contributed by atoms with Gasteiger partial charge >= 0.3 is 0 Å². The highest BCUT2D eigenvalue weighted by Crippen LogP contribution is 2.29. The lowest BCUT2D eigenvalue weighted by molar-refractivity contribution is 0.101. The Balaban J connectivity index is 1.65. The number of carbonyl (C=O) groups is 1. The third-order valence-electron chi connectivity index (χ3n) is 4.32. The maximum Gasteiger partial charge on any atom is 0.210 e. The summed E-state index contributed by atoms with van der Waals surface area (Å²) >= 11 is 1.30. The molecule has 0 spiro atoms. The van der Waals surface area contributed by atoms with Crippen LogP contribution in [0.25, 0.3) is 22.5 Å².